The largest absolute Gasteiger partial charge is 0.394 e. The molecule has 0 amide bonds. The molecular weight excluding hydrogens is 228 g/mol. The third kappa shape index (κ3) is 2.28. The quantitative estimate of drug-likeness (QED) is 0.580. The number of hydrogen-bond acceptors (Lipinski definition) is 7. The van der Waals surface area contributed by atoms with Crippen molar-refractivity contribution in [2.75, 3.05) is 19.0 Å². The summed E-state index contributed by atoms with van der Waals surface area (Å²) in [6, 6.07) is 0. The van der Waals surface area contributed by atoms with E-state index in [1.165, 1.54) is 10.9 Å². The van der Waals surface area contributed by atoms with Crippen LogP contribution in [0.3, 0.4) is 0 Å². The standard InChI is InChI=1S/C9H14N4O4/c1-10-8-11-4-13(9(16)12-8)7-2-5(15)6(3-14)17-7/h4-7,14-15H,2-3H2,1H3,(H,10,12,16). The number of rotatable bonds is 3. The number of ether oxygens (including phenoxy) is 1. The van der Waals surface area contributed by atoms with E-state index in [2.05, 4.69) is 15.3 Å². The minimum atomic E-state index is -0.791. The molecule has 0 aliphatic carbocycles. The SMILES string of the molecule is CNc1ncn(C2CC(O)C(CO)O2)c(=O)n1. The molecule has 8 heteroatoms. The van der Waals surface area contributed by atoms with Gasteiger partial charge < -0.3 is 20.3 Å². The van der Waals surface area contributed by atoms with Gasteiger partial charge in [-0.05, 0) is 0 Å². The Balaban J connectivity index is 2.22. The molecule has 17 heavy (non-hydrogen) atoms. The molecule has 94 valence electrons. The Morgan fingerprint density at radius 3 is 3.00 bits per heavy atom. The Morgan fingerprint density at radius 1 is 1.71 bits per heavy atom. The molecule has 1 aliphatic rings. The second kappa shape index (κ2) is 4.78. The summed E-state index contributed by atoms with van der Waals surface area (Å²) < 4.78 is 6.52. The predicted octanol–water partition coefficient (Wildman–Crippen LogP) is -1.68. The van der Waals surface area contributed by atoms with Crippen LogP contribution in [0.1, 0.15) is 12.6 Å². The Kier molecular flexibility index (Phi) is 3.36. The molecule has 0 aromatic carbocycles. The Labute approximate surface area is 96.9 Å². The lowest BCUT2D eigenvalue weighted by molar-refractivity contribution is -0.0462. The first-order chi connectivity index (χ1) is 8.15. The minimum absolute atomic E-state index is 0.225. The van der Waals surface area contributed by atoms with E-state index in [0.29, 0.717) is 0 Å². The summed E-state index contributed by atoms with van der Waals surface area (Å²) >= 11 is 0. The van der Waals surface area contributed by atoms with Gasteiger partial charge in [0.25, 0.3) is 0 Å². The number of nitrogens with one attached hydrogen (secondary N) is 1. The summed E-state index contributed by atoms with van der Waals surface area (Å²) in [4.78, 5) is 19.2. The average molecular weight is 242 g/mol. The van der Waals surface area contributed by atoms with Crippen molar-refractivity contribution in [1.82, 2.24) is 14.5 Å². The number of anilines is 1. The zero-order valence-electron chi connectivity index (χ0n) is 9.28. The number of aromatic nitrogens is 3. The molecule has 8 nitrogen and oxygen atoms in total. The molecular formula is C9H14N4O4. The van der Waals surface area contributed by atoms with Gasteiger partial charge in [-0.1, -0.05) is 0 Å². The molecule has 3 N–H and O–H groups in total. The van der Waals surface area contributed by atoms with Crippen LogP contribution in [0.5, 0.6) is 0 Å². The van der Waals surface area contributed by atoms with Gasteiger partial charge in [0.05, 0.1) is 12.7 Å². The van der Waals surface area contributed by atoms with Crippen LogP contribution in [-0.2, 0) is 4.74 Å². The van der Waals surface area contributed by atoms with E-state index in [-0.39, 0.29) is 19.0 Å². The summed E-state index contributed by atoms with van der Waals surface area (Å²) in [7, 11) is 1.61. The predicted molar refractivity (Wildman–Crippen MR) is 57.5 cm³/mol. The zero-order valence-corrected chi connectivity index (χ0v) is 9.28. The monoisotopic (exact) mass is 242 g/mol. The highest BCUT2D eigenvalue weighted by molar-refractivity contribution is 5.18. The summed E-state index contributed by atoms with van der Waals surface area (Å²) in [5.74, 6) is 0.225. The van der Waals surface area contributed by atoms with E-state index < -0.39 is 24.1 Å². The Morgan fingerprint density at radius 2 is 2.47 bits per heavy atom. The van der Waals surface area contributed by atoms with Crippen molar-refractivity contribution in [2.45, 2.75) is 24.9 Å². The third-order valence-electron chi connectivity index (χ3n) is 2.64. The Hall–Kier alpha value is -1.51. The van der Waals surface area contributed by atoms with Gasteiger partial charge in [-0.15, -0.1) is 0 Å². The lowest BCUT2D eigenvalue weighted by Crippen LogP contribution is -2.28. The molecule has 1 aliphatic heterocycles. The van der Waals surface area contributed by atoms with Gasteiger partial charge in [0.15, 0.2) is 0 Å². The maximum atomic E-state index is 11.6. The van der Waals surface area contributed by atoms with Crippen molar-refractivity contribution >= 4 is 5.95 Å². The van der Waals surface area contributed by atoms with E-state index in [4.69, 9.17) is 9.84 Å². The molecule has 0 radical (unpaired) electrons. The molecule has 1 aromatic rings. The average Bonchev–Trinajstić information content (AvgIpc) is 2.70. The summed E-state index contributed by atoms with van der Waals surface area (Å²) in [6.45, 7) is -0.290. The molecule has 1 fully saturated rings. The fourth-order valence-electron chi connectivity index (χ4n) is 1.71. The number of aliphatic hydroxyl groups is 2. The molecule has 2 rings (SSSR count). The van der Waals surface area contributed by atoms with E-state index >= 15 is 0 Å². The van der Waals surface area contributed by atoms with Crippen LogP contribution in [0, 0.1) is 0 Å². The first kappa shape index (κ1) is 12.0. The van der Waals surface area contributed by atoms with Crippen molar-refractivity contribution in [2.24, 2.45) is 0 Å². The summed E-state index contributed by atoms with van der Waals surface area (Å²) in [5, 5.41) is 21.1. The van der Waals surface area contributed by atoms with Gasteiger partial charge in [0.1, 0.15) is 18.7 Å². The van der Waals surface area contributed by atoms with Crippen LogP contribution < -0.4 is 11.0 Å². The Bertz CT molecular complexity index is 449. The molecule has 0 saturated carbocycles. The molecule has 1 saturated heterocycles. The highest BCUT2D eigenvalue weighted by Crippen LogP contribution is 2.26. The van der Waals surface area contributed by atoms with Crippen LogP contribution in [-0.4, -0.2) is 50.6 Å². The van der Waals surface area contributed by atoms with Gasteiger partial charge >= 0.3 is 5.69 Å². The van der Waals surface area contributed by atoms with Gasteiger partial charge in [0.2, 0.25) is 5.95 Å². The fourth-order valence-corrected chi connectivity index (χ4v) is 1.71. The maximum absolute atomic E-state index is 11.6. The molecule has 2 heterocycles. The first-order valence-electron chi connectivity index (χ1n) is 5.23. The van der Waals surface area contributed by atoms with Gasteiger partial charge in [0, 0.05) is 13.5 Å². The molecule has 0 bridgehead atoms. The van der Waals surface area contributed by atoms with E-state index in [0.717, 1.165) is 0 Å². The fraction of sp³-hybridized carbons (Fsp3) is 0.667. The lowest BCUT2D eigenvalue weighted by atomic mass is 10.2. The van der Waals surface area contributed by atoms with Crippen molar-refractivity contribution < 1.29 is 14.9 Å². The van der Waals surface area contributed by atoms with Gasteiger partial charge in [-0.25, -0.2) is 9.78 Å². The van der Waals surface area contributed by atoms with Crippen LogP contribution in [0.15, 0.2) is 11.1 Å². The number of nitrogens with zero attached hydrogens (tertiary/aromatic N) is 3. The normalized spacial score (nSPS) is 28.3. The second-order valence-corrected chi connectivity index (χ2v) is 3.73. The smallest absolute Gasteiger partial charge is 0.354 e. The van der Waals surface area contributed by atoms with Crippen LogP contribution in [0.4, 0.5) is 5.95 Å². The topological polar surface area (TPSA) is 110 Å². The van der Waals surface area contributed by atoms with Crippen LogP contribution >= 0.6 is 0 Å². The minimum Gasteiger partial charge on any atom is -0.394 e. The van der Waals surface area contributed by atoms with Gasteiger partial charge in [-0.2, -0.15) is 4.98 Å². The highest BCUT2D eigenvalue weighted by Gasteiger charge is 2.35. The number of aliphatic hydroxyl groups excluding tert-OH is 2. The molecule has 3 unspecified atom stereocenters. The van der Waals surface area contributed by atoms with E-state index in [1.54, 1.807) is 7.05 Å². The van der Waals surface area contributed by atoms with Crippen molar-refractivity contribution in [3.05, 3.63) is 16.8 Å². The van der Waals surface area contributed by atoms with Crippen LogP contribution in [0.2, 0.25) is 0 Å². The van der Waals surface area contributed by atoms with Crippen molar-refractivity contribution in [3.63, 3.8) is 0 Å². The second-order valence-electron chi connectivity index (χ2n) is 3.73. The van der Waals surface area contributed by atoms with E-state index in [9.17, 15) is 9.90 Å². The van der Waals surface area contributed by atoms with Crippen molar-refractivity contribution in [1.29, 1.82) is 0 Å². The molecule has 1 aromatic heterocycles. The molecule has 3 atom stereocenters. The van der Waals surface area contributed by atoms with E-state index in [1.807, 2.05) is 0 Å². The maximum Gasteiger partial charge on any atom is 0.354 e. The zero-order chi connectivity index (χ0) is 12.4. The van der Waals surface area contributed by atoms with Gasteiger partial charge in [-0.3, -0.25) is 4.57 Å². The summed E-state index contributed by atoms with van der Waals surface area (Å²) in [6.07, 6.45) is -0.566. The lowest BCUT2D eigenvalue weighted by Gasteiger charge is -2.13. The number of hydrogen-bond donors (Lipinski definition) is 3. The highest BCUT2D eigenvalue weighted by atomic mass is 16.5. The summed E-state index contributed by atoms with van der Waals surface area (Å²) in [5.41, 5.74) is -0.514. The third-order valence-corrected chi connectivity index (χ3v) is 2.64. The molecule has 0 spiro atoms. The van der Waals surface area contributed by atoms with Crippen LogP contribution in [0.25, 0.3) is 0 Å². The first-order valence-corrected chi connectivity index (χ1v) is 5.23. The van der Waals surface area contributed by atoms with Crippen molar-refractivity contribution in [3.8, 4) is 0 Å².